The Morgan fingerprint density at radius 1 is 1.03 bits per heavy atom. The number of fused-ring (bicyclic) bond motifs is 1. The molecule has 2 heterocycles. The van der Waals surface area contributed by atoms with E-state index in [9.17, 15) is 18.0 Å². The normalized spacial score (nSPS) is 16.7. The molecule has 2 aliphatic rings. The monoisotopic (exact) mass is 445 g/mol. The van der Waals surface area contributed by atoms with Gasteiger partial charge < -0.3 is 15.1 Å². The lowest BCUT2D eigenvalue weighted by Gasteiger charge is -2.36. The van der Waals surface area contributed by atoms with Crippen molar-refractivity contribution < 1.29 is 18.0 Å². The number of rotatable bonds is 5. The van der Waals surface area contributed by atoms with Crippen LogP contribution in [0.1, 0.15) is 6.42 Å². The average molecular weight is 446 g/mol. The molecule has 0 unspecified atom stereocenters. The average Bonchev–Trinajstić information content (AvgIpc) is 2.77. The number of anilines is 2. The van der Waals surface area contributed by atoms with E-state index in [0.717, 1.165) is 23.7 Å². The van der Waals surface area contributed by atoms with Gasteiger partial charge in [-0.05, 0) is 30.3 Å². The quantitative estimate of drug-likeness (QED) is 0.760. The number of hydrogen-bond acceptors (Lipinski definition) is 6. The van der Waals surface area contributed by atoms with Gasteiger partial charge in [0.15, 0.2) is 9.84 Å². The fourth-order valence-electron chi connectivity index (χ4n) is 3.61. The van der Waals surface area contributed by atoms with Gasteiger partial charge in [-0.1, -0.05) is 18.2 Å². The molecule has 158 valence electrons. The molecule has 1 N–H and O–H groups in total. The maximum Gasteiger partial charge on any atom is 0.234 e. The minimum absolute atomic E-state index is 0.0497. The number of hydrogen-bond donors (Lipinski definition) is 1. The molecule has 0 radical (unpaired) electrons. The minimum Gasteiger partial charge on any atom is -0.368 e. The molecule has 2 aromatic carbocycles. The highest BCUT2D eigenvalue weighted by Crippen LogP contribution is 2.33. The SMILES string of the molecule is O=C1CSc2ccc(S(=O)(=O)CCC(=O)N3CCN(c4ccccc4)CC3)cc2N1. The summed E-state index contributed by atoms with van der Waals surface area (Å²) in [6.45, 7) is 2.61. The van der Waals surface area contributed by atoms with Gasteiger partial charge in [-0.25, -0.2) is 8.42 Å². The third kappa shape index (κ3) is 4.62. The van der Waals surface area contributed by atoms with Crippen molar-refractivity contribution in [3.05, 3.63) is 48.5 Å². The van der Waals surface area contributed by atoms with E-state index in [2.05, 4.69) is 10.2 Å². The van der Waals surface area contributed by atoms with Crippen molar-refractivity contribution in [2.45, 2.75) is 16.2 Å². The first kappa shape index (κ1) is 20.7. The summed E-state index contributed by atoms with van der Waals surface area (Å²) in [5.41, 5.74) is 1.64. The molecule has 0 aliphatic carbocycles. The van der Waals surface area contributed by atoms with E-state index < -0.39 is 9.84 Å². The first-order valence-corrected chi connectivity index (χ1v) is 12.4. The Bertz CT molecular complexity index is 1050. The summed E-state index contributed by atoms with van der Waals surface area (Å²) in [5.74, 6) is -0.213. The Morgan fingerprint density at radius 2 is 1.77 bits per heavy atom. The zero-order valence-corrected chi connectivity index (χ0v) is 18.0. The fourth-order valence-corrected chi connectivity index (χ4v) is 5.65. The van der Waals surface area contributed by atoms with E-state index in [4.69, 9.17) is 0 Å². The number of amides is 2. The number of benzene rings is 2. The van der Waals surface area contributed by atoms with E-state index in [-0.39, 0.29) is 28.9 Å². The Morgan fingerprint density at radius 3 is 2.50 bits per heavy atom. The predicted octanol–water partition coefficient (Wildman–Crippen LogP) is 2.24. The predicted molar refractivity (Wildman–Crippen MR) is 118 cm³/mol. The van der Waals surface area contributed by atoms with Crippen LogP contribution in [0.25, 0.3) is 0 Å². The Kier molecular flexibility index (Phi) is 6.01. The van der Waals surface area contributed by atoms with Crippen molar-refractivity contribution in [2.75, 3.05) is 47.9 Å². The maximum absolute atomic E-state index is 12.7. The molecule has 2 aliphatic heterocycles. The number of nitrogens with one attached hydrogen (secondary N) is 1. The Hall–Kier alpha value is -2.52. The van der Waals surface area contributed by atoms with Crippen LogP contribution in [0.4, 0.5) is 11.4 Å². The number of nitrogens with zero attached hydrogens (tertiary/aromatic N) is 2. The minimum atomic E-state index is -3.62. The zero-order chi connectivity index (χ0) is 21.1. The summed E-state index contributed by atoms with van der Waals surface area (Å²) >= 11 is 1.38. The highest BCUT2D eigenvalue weighted by atomic mass is 32.2. The number of para-hydroxylation sites is 1. The van der Waals surface area contributed by atoms with Crippen molar-refractivity contribution in [1.82, 2.24) is 4.90 Å². The second kappa shape index (κ2) is 8.69. The van der Waals surface area contributed by atoms with Crippen molar-refractivity contribution >= 4 is 44.8 Å². The highest BCUT2D eigenvalue weighted by molar-refractivity contribution is 8.00. The molecule has 1 saturated heterocycles. The second-order valence-corrected chi connectivity index (χ2v) is 10.4. The standard InChI is InChI=1S/C21H23N3O4S2/c25-20-15-29-19-7-6-17(14-18(19)22-20)30(27,28)13-8-21(26)24-11-9-23(10-12-24)16-4-2-1-3-5-16/h1-7,14H,8-13,15H2,(H,22,25). The van der Waals surface area contributed by atoms with Crippen molar-refractivity contribution in [3.8, 4) is 0 Å². The van der Waals surface area contributed by atoms with Gasteiger partial charge in [0.1, 0.15) is 0 Å². The first-order valence-electron chi connectivity index (χ1n) is 9.80. The number of carbonyl (C=O) groups is 2. The summed E-state index contributed by atoms with van der Waals surface area (Å²) in [6, 6.07) is 14.8. The fraction of sp³-hybridized carbons (Fsp3) is 0.333. The molecular formula is C21H23N3O4S2. The van der Waals surface area contributed by atoms with Crippen LogP contribution in [0.15, 0.2) is 58.3 Å². The van der Waals surface area contributed by atoms with E-state index in [1.165, 1.54) is 17.8 Å². The topological polar surface area (TPSA) is 86.8 Å². The Balaban J connectivity index is 1.33. The van der Waals surface area contributed by atoms with Crippen LogP contribution >= 0.6 is 11.8 Å². The number of thioether (sulfide) groups is 1. The Labute approximate surface area is 180 Å². The third-order valence-corrected chi connectivity index (χ3v) is 8.07. The summed E-state index contributed by atoms with van der Waals surface area (Å²) in [5, 5.41) is 2.70. The summed E-state index contributed by atoms with van der Waals surface area (Å²) in [4.78, 5) is 29.1. The van der Waals surface area contributed by atoms with Crippen LogP contribution in [-0.2, 0) is 19.4 Å². The van der Waals surface area contributed by atoms with E-state index in [1.807, 2.05) is 30.3 Å². The zero-order valence-electron chi connectivity index (χ0n) is 16.4. The number of piperazine rings is 1. The van der Waals surface area contributed by atoms with Crippen LogP contribution in [0, 0.1) is 0 Å². The van der Waals surface area contributed by atoms with Crippen LogP contribution in [0.3, 0.4) is 0 Å². The highest BCUT2D eigenvalue weighted by Gasteiger charge is 2.25. The van der Waals surface area contributed by atoms with Crippen molar-refractivity contribution in [1.29, 1.82) is 0 Å². The van der Waals surface area contributed by atoms with Gasteiger partial charge in [-0.3, -0.25) is 9.59 Å². The molecule has 2 aromatic rings. The smallest absolute Gasteiger partial charge is 0.234 e. The lowest BCUT2D eigenvalue weighted by atomic mass is 10.2. The molecule has 0 spiro atoms. The third-order valence-electron chi connectivity index (χ3n) is 5.28. The maximum atomic E-state index is 12.7. The second-order valence-electron chi connectivity index (χ2n) is 7.27. The van der Waals surface area contributed by atoms with Crippen LogP contribution in [-0.4, -0.2) is 62.8 Å². The van der Waals surface area contributed by atoms with Gasteiger partial charge in [0.25, 0.3) is 0 Å². The van der Waals surface area contributed by atoms with Crippen LogP contribution in [0.2, 0.25) is 0 Å². The molecule has 4 rings (SSSR count). The van der Waals surface area contributed by atoms with Gasteiger partial charge in [0.2, 0.25) is 11.8 Å². The van der Waals surface area contributed by atoms with Gasteiger partial charge in [-0.15, -0.1) is 11.8 Å². The molecule has 7 nitrogen and oxygen atoms in total. The molecule has 0 atom stereocenters. The van der Waals surface area contributed by atoms with Crippen molar-refractivity contribution in [3.63, 3.8) is 0 Å². The summed E-state index contributed by atoms with van der Waals surface area (Å²) in [6.07, 6.45) is -0.0497. The number of carbonyl (C=O) groups excluding carboxylic acids is 2. The van der Waals surface area contributed by atoms with Gasteiger partial charge in [-0.2, -0.15) is 0 Å². The molecular weight excluding hydrogens is 422 g/mol. The molecule has 9 heteroatoms. The number of sulfone groups is 1. The lowest BCUT2D eigenvalue weighted by Crippen LogP contribution is -2.49. The molecule has 30 heavy (non-hydrogen) atoms. The van der Waals surface area contributed by atoms with Crippen molar-refractivity contribution in [2.24, 2.45) is 0 Å². The van der Waals surface area contributed by atoms with Crippen LogP contribution in [0.5, 0.6) is 0 Å². The van der Waals surface area contributed by atoms with E-state index in [1.54, 1.807) is 17.0 Å². The van der Waals surface area contributed by atoms with Crippen LogP contribution < -0.4 is 10.2 Å². The van der Waals surface area contributed by atoms with Gasteiger partial charge in [0, 0.05) is 43.2 Å². The molecule has 0 saturated carbocycles. The largest absolute Gasteiger partial charge is 0.368 e. The summed E-state index contributed by atoms with van der Waals surface area (Å²) < 4.78 is 25.5. The van der Waals surface area contributed by atoms with Gasteiger partial charge >= 0.3 is 0 Å². The summed E-state index contributed by atoms with van der Waals surface area (Å²) in [7, 11) is -3.62. The molecule has 0 aromatic heterocycles. The molecule has 0 bridgehead atoms. The molecule has 1 fully saturated rings. The van der Waals surface area contributed by atoms with Gasteiger partial charge in [0.05, 0.1) is 22.1 Å². The molecule has 2 amide bonds. The lowest BCUT2D eigenvalue weighted by molar-refractivity contribution is -0.131. The van der Waals surface area contributed by atoms with E-state index in [0.29, 0.717) is 24.5 Å². The van der Waals surface area contributed by atoms with E-state index >= 15 is 0 Å². The first-order chi connectivity index (χ1) is 14.4.